The number of rotatable bonds is 3. The molecule has 4 heteroatoms. The Bertz CT molecular complexity index is 106. The first-order chi connectivity index (χ1) is 4.09. The maximum absolute atomic E-state index is 10.4. The summed E-state index contributed by atoms with van der Waals surface area (Å²) >= 11 is 0. The molecule has 0 saturated heterocycles. The first-order valence-corrected chi connectivity index (χ1v) is 3.12. The minimum atomic E-state index is -0.711. The number of carbonyl (C=O) groups is 1. The van der Waals surface area contributed by atoms with E-state index in [9.17, 15) is 4.79 Å². The van der Waals surface area contributed by atoms with Gasteiger partial charge >= 0.3 is 5.97 Å². The Morgan fingerprint density at radius 2 is 2.00 bits per heavy atom. The summed E-state index contributed by atoms with van der Waals surface area (Å²) in [4.78, 5) is 11.3. The molecule has 0 radical (unpaired) electrons. The molecule has 0 bridgehead atoms. The highest BCUT2D eigenvalue weighted by Crippen LogP contribution is 1.82. The van der Waals surface area contributed by atoms with Gasteiger partial charge in [0.1, 0.15) is 0 Å². The van der Waals surface area contributed by atoms with Crippen molar-refractivity contribution in [1.82, 2.24) is 0 Å². The van der Waals surface area contributed by atoms with E-state index in [4.69, 9.17) is 5.11 Å². The van der Waals surface area contributed by atoms with E-state index in [0.29, 0.717) is 6.42 Å². The van der Waals surface area contributed by atoms with Crippen molar-refractivity contribution in [3.05, 3.63) is 0 Å². The zero-order chi connectivity index (χ0) is 7.44. The first-order valence-electron chi connectivity index (χ1n) is 3.12. The van der Waals surface area contributed by atoms with Crippen LogP contribution in [0.2, 0.25) is 0 Å². The highest BCUT2D eigenvalue weighted by molar-refractivity contribution is 5.71. The number of hydrogen-bond acceptors (Lipinski definition) is 1. The molecule has 3 nitrogen and oxygen atoms in total. The standard InChI is InChI=1S/C6H13NO2.ClH/c1-4-5(6(8)9)7(2)3;/h5H,4H2,1-3H3,(H,8,9);1H. The predicted octanol–water partition coefficient (Wildman–Crippen LogP) is -4.00. The Labute approximate surface area is 67.4 Å². The largest absolute Gasteiger partial charge is 1.00 e. The summed E-state index contributed by atoms with van der Waals surface area (Å²) < 4.78 is 0. The molecule has 0 heterocycles. The molecule has 0 aromatic rings. The lowest BCUT2D eigenvalue weighted by Gasteiger charge is -2.14. The van der Waals surface area contributed by atoms with Gasteiger partial charge in [0.2, 0.25) is 0 Å². The molecule has 1 unspecified atom stereocenters. The van der Waals surface area contributed by atoms with Gasteiger partial charge in [0.05, 0.1) is 14.1 Å². The second-order valence-corrected chi connectivity index (χ2v) is 2.38. The normalized spacial score (nSPS) is 12.4. The molecule has 0 spiro atoms. The number of hydrogen-bond donors (Lipinski definition) is 2. The molecule has 0 aromatic heterocycles. The van der Waals surface area contributed by atoms with Crippen LogP contribution in [0.25, 0.3) is 0 Å². The quantitative estimate of drug-likeness (QED) is 0.450. The molecular formula is C6H14ClNO2. The van der Waals surface area contributed by atoms with Crippen molar-refractivity contribution in [2.45, 2.75) is 19.4 Å². The third-order valence-electron chi connectivity index (χ3n) is 1.40. The van der Waals surface area contributed by atoms with Crippen LogP contribution >= 0.6 is 0 Å². The van der Waals surface area contributed by atoms with Crippen LogP contribution in [-0.2, 0) is 4.79 Å². The lowest BCUT2D eigenvalue weighted by atomic mass is 10.2. The Hall–Kier alpha value is -0.280. The Balaban J connectivity index is 0. The lowest BCUT2D eigenvalue weighted by Crippen LogP contribution is -3.11. The van der Waals surface area contributed by atoms with Crippen LogP contribution in [0.5, 0.6) is 0 Å². The fraction of sp³-hybridized carbons (Fsp3) is 0.833. The molecule has 0 aliphatic rings. The van der Waals surface area contributed by atoms with Crippen molar-refractivity contribution in [2.24, 2.45) is 0 Å². The highest BCUT2D eigenvalue weighted by atomic mass is 35.5. The van der Waals surface area contributed by atoms with Crippen molar-refractivity contribution >= 4 is 5.97 Å². The monoisotopic (exact) mass is 167 g/mol. The molecule has 2 N–H and O–H groups in total. The average Bonchev–Trinajstić information content (AvgIpc) is 1.64. The van der Waals surface area contributed by atoms with Crippen LogP contribution in [0.4, 0.5) is 0 Å². The smallest absolute Gasteiger partial charge is 0.362 e. The van der Waals surface area contributed by atoms with E-state index in [0.717, 1.165) is 4.90 Å². The van der Waals surface area contributed by atoms with E-state index in [-0.39, 0.29) is 18.4 Å². The molecule has 0 aromatic carbocycles. The topological polar surface area (TPSA) is 41.7 Å². The molecule has 0 fully saturated rings. The molecule has 0 aliphatic heterocycles. The van der Waals surface area contributed by atoms with Gasteiger partial charge in [-0.2, -0.15) is 0 Å². The Morgan fingerprint density at radius 3 is 2.00 bits per heavy atom. The number of halogens is 1. The fourth-order valence-corrected chi connectivity index (χ4v) is 0.830. The van der Waals surface area contributed by atoms with Gasteiger partial charge in [-0.3, -0.25) is 0 Å². The zero-order valence-electron chi connectivity index (χ0n) is 6.52. The van der Waals surface area contributed by atoms with Gasteiger partial charge in [-0.1, -0.05) is 6.92 Å². The minimum Gasteiger partial charge on any atom is -1.00 e. The molecular weight excluding hydrogens is 154 g/mol. The number of nitrogens with one attached hydrogen (secondary N) is 1. The van der Waals surface area contributed by atoms with Gasteiger partial charge in [0, 0.05) is 6.42 Å². The molecule has 0 rings (SSSR count). The maximum atomic E-state index is 10.4. The fourth-order valence-electron chi connectivity index (χ4n) is 0.830. The molecule has 1 atom stereocenters. The van der Waals surface area contributed by atoms with Crippen LogP contribution < -0.4 is 17.3 Å². The second-order valence-electron chi connectivity index (χ2n) is 2.38. The predicted molar refractivity (Wildman–Crippen MR) is 34.5 cm³/mol. The molecule has 10 heavy (non-hydrogen) atoms. The maximum Gasteiger partial charge on any atom is 0.362 e. The van der Waals surface area contributed by atoms with Gasteiger partial charge in [-0.15, -0.1) is 0 Å². The van der Waals surface area contributed by atoms with E-state index >= 15 is 0 Å². The number of aliphatic carboxylic acids is 1. The van der Waals surface area contributed by atoms with E-state index in [1.807, 2.05) is 21.0 Å². The van der Waals surface area contributed by atoms with Crippen LogP contribution in [0.3, 0.4) is 0 Å². The van der Waals surface area contributed by atoms with Crippen molar-refractivity contribution in [2.75, 3.05) is 14.1 Å². The van der Waals surface area contributed by atoms with Gasteiger partial charge in [0.15, 0.2) is 6.04 Å². The van der Waals surface area contributed by atoms with Crippen LogP contribution in [-0.4, -0.2) is 31.2 Å². The van der Waals surface area contributed by atoms with E-state index in [1.165, 1.54) is 0 Å². The SMILES string of the molecule is CCC(C(=O)O)[NH+](C)C.[Cl-]. The van der Waals surface area contributed by atoms with E-state index in [1.54, 1.807) is 0 Å². The molecule has 62 valence electrons. The summed E-state index contributed by atoms with van der Waals surface area (Å²) in [6.07, 6.45) is 0.692. The van der Waals surface area contributed by atoms with Crippen LogP contribution in [0.1, 0.15) is 13.3 Å². The summed E-state index contributed by atoms with van der Waals surface area (Å²) in [6.45, 7) is 1.88. The number of carboxylic acids is 1. The van der Waals surface area contributed by atoms with Gasteiger partial charge < -0.3 is 22.4 Å². The van der Waals surface area contributed by atoms with Gasteiger partial charge in [0.25, 0.3) is 0 Å². The summed E-state index contributed by atoms with van der Waals surface area (Å²) in [5.74, 6) is -0.711. The summed E-state index contributed by atoms with van der Waals surface area (Å²) in [5.41, 5.74) is 0. The molecule has 0 saturated carbocycles. The number of carboxylic acid groups (broad SMARTS) is 1. The highest BCUT2D eigenvalue weighted by Gasteiger charge is 2.20. The average molecular weight is 168 g/mol. The third-order valence-corrected chi connectivity index (χ3v) is 1.40. The van der Waals surface area contributed by atoms with Crippen LogP contribution in [0, 0.1) is 0 Å². The number of likely N-dealkylation sites (N-methyl/N-ethyl adjacent to an activating group) is 1. The minimum absolute atomic E-state index is 0. The second kappa shape index (κ2) is 5.50. The van der Waals surface area contributed by atoms with Crippen molar-refractivity contribution in [3.8, 4) is 0 Å². The van der Waals surface area contributed by atoms with Crippen molar-refractivity contribution in [3.63, 3.8) is 0 Å². The summed E-state index contributed by atoms with van der Waals surface area (Å²) in [7, 11) is 3.70. The Morgan fingerprint density at radius 1 is 1.60 bits per heavy atom. The number of quaternary nitrogens is 1. The van der Waals surface area contributed by atoms with E-state index in [2.05, 4.69) is 0 Å². The third kappa shape index (κ3) is 3.69. The lowest BCUT2D eigenvalue weighted by molar-refractivity contribution is -0.876. The van der Waals surface area contributed by atoms with Crippen molar-refractivity contribution < 1.29 is 27.2 Å². The van der Waals surface area contributed by atoms with Gasteiger partial charge in [-0.25, -0.2) is 4.79 Å². The zero-order valence-corrected chi connectivity index (χ0v) is 7.27. The van der Waals surface area contributed by atoms with Crippen molar-refractivity contribution in [1.29, 1.82) is 0 Å². The first kappa shape index (κ1) is 12.4. The Kier molecular flexibility index (Phi) is 6.82. The summed E-state index contributed by atoms with van der Waals surface area (Å²) in [6, 6.07) is -0.245. The van der Waals surface area contributed by atoms with Crippen LogP contribution in [0.15, 0.2) is 0 Å². The summed E-state index contributed by atoms with van der Waals surface area (Å²) in [5, 5.41) is 8.52. The van der Waals surface area contributed by atoms with E-state index < -0.39 is 5.97 Å². The molecule has 0 aliphatic carbocycles. The molecule has 0 amide bonds. The van der Waals surface area contributed by atoms with Gasteiger partial charge in [-0.05, 0) is 0 Å².